The Balaban J connectivity index is 2.27. The van der Waals surface area contributed by atoms with Crippen molar-refractivity contribution in [3.05, 3.63) is 28.8 Å². The number of hydrogen-bond acceptors (Lipinski definition) is 3. The Bertz CT molecular complexity index is 497. The molecule has 0 aliphatic carbocycles. The third kappa shape index (κ3) is 3.27. The van der Waals surface area contributed by atoms with Gasteiger partial charge in [-0.15, -0.1) is 0 Å². The number of nitrogens with two attached hydrogens (primary N) is 1. The van der Waals surface area contributed by atoms with Gasteiger partial charge < -0.3 is 15.2 Å². The summed E-state index contributed by atoms with van der Waals surface area (Å²) in [5.74, 6) is 0.795. The first-order chi connectivity index (χ1) is 9.11. The predicted molar refractivity (Wildman–Crippen MR) is 82.3 cm³/mol. The molecule has 0 aromatic heterocycles. The molecule has 1 aliphatic rings. The molecule has 0 spiro atoms. The molecule has 4 heteroatoms. The Hall–Kier alpha value is -0.770. The average Bonchev–Trinajstić information content (AvgIpc) is 2.48. The van der Waals surface area contributed by atoms with E-state index in [0.29, 0.717) is 5.02 Å². The molecule has 20 heavy (non-hydrogen) atoms. The lowest BCUT2D eigenvalue weighted by Crippen LogP contribution is -2.37. The van der Waals surface area contributed by atoms with Gasteiger partial charge in [0.1, 0.15) is 17.5 Å². The summed E-state index contributed by atoms with van der Waals surface area (Å²) in [5.41, 5.74) is 6.44. The van der Waals surface area contributed by atoms with Gasteiger partial charge in [0.05, 0.1) is 5.60 Å². The van der Waals surface area contributed by atoms with Crippen molar-refractivity contribution in [2.24, 2.45) is 5.73 Å². The number of ether oxygens (including phenoxy) is 2. The maximum atomic E-state index is 6.21. The highest BCUT2D eigenvalue weighted by Gasteiger charge is 2.47. The van der Waals surface area contributed by atoms with Crippen LogP contribution in [0.3, 0.4) is 0 Å². The van der Waals surface area contributed by atoms with Crippen molar-refractivity contribution in [3.8, 4) is 5.75 Å². The van der Waals surface area contributed by atoms with Gasteiger partial charge in [0.2, 0.25) is 0 Å². The van der Waals surface area contributed by atoms with Gasteiger partial charge >= 0.3 is 0 Å². The van der Waals surface area contributed by atoms with E-state index in [1.807, 2.05) is 25.1 Å². The maximum Gasteiger partial charge on any atom is 0.130 e. The lowest BCUT2D eigenvalue weighted by atomic mass is 9.97. The van der Waals surface area contributed by atoms with Gasteiger partial charge in [-0.05, 0) is 52.8 Å². The fourth-order valence-electron chi connectivity index (χ4n) is 2.83. The van der Waals surface area contributed by atoms with Crippen molar-refractivity contribution in [1.82, 2.24) is 0 Å². The van der Waals surface area contributed by atoms with Crippen LogP contribution in [0.2, 0.25) is 5.02 Å². The number of halogens is 1. The Morgan fingerprint density at radius 3 is 2.50 bits per heavy atom. The topological polar surface area (TPSA) is 44.5 Å². The Kier molecular flexibility index (Phi) is 4.07. The lowest BCUT2D eigenvalue weighted by Gasteiger charge is -2.28. The summed E-state index contributed by atoms with van der Waals surface area (Å²) in [5, 5.41) is 0.673. The molecule has 0 saturated carbocycles. The van der Waals surface area contributed by atoms with Crippen LogP contribution in [0.15, 0.2) is 18.2 Å². The molecule has 0 radical (unpaired) electrons. The third-order valence-electron chi connectivity index (χ3n) is 3.72. The highest BCUT2D eigenvalue weighted by atomic mass is 35.5. The van der Waals surface area contributed by atoms with E-state index in [0.717, 1.165) is 17.7 Å². The monoisotopic (exact) mass is 297 g/mol. The van der Waals surface area contributed by atoms with Crippen molar-refractivity contribution in [1.29, 1.82) is 0 Å². The molecule has 1 aliphatic heterocycles. The van der Waals surface area contributed by atoms with Gasteiger partial charge in [0.25, 0.3) is 0 Å². The SMILES string of the molecule is C[C@@H](N)c1cc(Cl)ccc1OC1CC(C)(C)OC1(C)C. The number of rotatable bonds is 3. The van der Waals surface area contributed by atoms with Gasteiger partial charge in [-0.25, -0.2) is 0 Å². The average molecular weight is 298 g/mol. The van der Waals surface area contributed by atoms with E-state index in [1.165, 1.54) is 0 Å². The summed E-state index contributed by atoms with van der Waals surface area (Å²) in [6.07, 6.45) is 0.845. The van der Waals surface area contributed by atoms with Crippen LogP contribution < -0.4 is 10.5 Å². The lowest BCUT2D eigenvalue weighted by molar-refractivity contribution is -0.0847. The van der Waals surface area contributed by atoms with E-state index >= 15 is 0 Å². The number of benzene rings is 1. The van der Waals surface area contributed by atoms with E-state index < -0.39 is 0 Å². The van der Waals surface area contributed by atoms with E-state index in [-0.39, 0.29) is 23.3 Å². The first-order valence-electron chi connectivity index (χ1n) is 7.02. The molecule has 3 nitrogen and oxygen atoms in total. The Morgan fingerprint density at radius 1 is 1.35 bits per heavy atom. The molecular weight excluding hydrogens is 274 g/mol. The Morgan fingerprint density at radius 2 is 2.00 bits per heavy atom. The predicted octanol–water partition coefficient (Wildman–Crippen LogP) is 4.08. The minimum absolute atomic E-state index is 0.00354. The van der Waals surface area contributed by atoms with Crippen molar-refractivity contribution in [2.75, 3.05) is 0 Å². The summed E-state index contributed by atoms with van der Waals surface area (Å²) >= 11 is 6.04. The summed E-state index contributed by atoms with van der Waals surface area (Å²) in [4.78, 5) is 0. The van der Waals surface area contributed by atoms with Crippen LogP contribution in [-0.2, 0) is 4.74 Å². The quantitative estimate of drug-likeness (QED) is 0.914. The zero-order valence-electron chi connectivity index (χ0n) is 12.9. The molecule has 1 aromatic carbocycles. The highest BCUT2D eigenvalue weighted by molar-refractivity contribution is 6.30. The first kappa shape index (κ1) is 15.6. The normalized spacial score (nSPS) is 25.4. The van der Waals surface area contributed by atoms with Gasteiger partial charge in [-0.1, -0.05) is 11.6 Å². The molecule has 2 rings (SSSR count). The maximum absolute atomic E-state index is 6.21. The summed E-state index contributed by atoms with van der Waals surface area (Å²) in [6.45, 7) is 10.2. The first-order valence-corrected chi connectivity index (χ1v) is 7.40. The second kappa shape index (κ2) is 5.21. The van der Waals surface area contributed by atoms with Crippen molar-refractivity contribution >= 4 is 11.6 Å². The molecule has 1 heterocycles. The molecule has 2 N–H and O–H groups in total. The zero-order valence-corrected chi connectivity index (χ0v) is 13.6. The van der Waals surface area contributed by atoms with Crippen molar-refractivity contribution in [2.45, 2.75) is 64.4 Å². The largest absolute Gasteiger partial charge is 0.487 e. The van der Waals surface area contributed by atoms with E-state index in [1.54, 1.807) is 0 Å². The van der Waals surface area contributed by atoms with Gasteiger partial charge in [-0.3, -0.25) is 0 Å². The van der Waals surface area contributed by atoms with Crippen molar-refractivity contribution < 1.29 is 9.47 Å². The van der Waals surface area contributed by atoms with Gasteiger partial charge in [0, 0.05) is 23.0 Å². The minimum Gasteiger partial charge on any atom is -0.487 e. The molecule has 0 amide bonds. The molecular formula is C16H24ClNO2. The fraction of sp³-hybridized carbons (Fsp3) is 0.625. The second-order valence-electron chi connectivity index (χ2n) is 6.75. The van der Waals surface area contributed by atoms with Gasteiger partial charge in [-0.2, -0.15) is 0 Å². The van der Waals surface area contributed by atoms with Crippen LogP contribution >= 0.6 is 11.6 Å². The van der Waals surface area contributed by atoms with Crippen LogP contribution in [0.25, 0.3) is 0 Å². The molecule has 2 atom stereocenters. The molecule has 1 aromatic rings. The molecule has 1 fully saturated rings. The van der Waals surface area contributed by atoms with Crippen molar-refractivity contribution in [3.63, 3.8) is 0 Å². The second-order valence-corrected chi connectivity index (χ2v) is 7.18. The third-order valence-corrected chi connectivity index (χ3v) is 3.96. The van der Waals surface area contributed by atoms with Crippen LogP contribution in [-0.4, -0.2) is 17.3 Å². The van der Waals surface area contributed by atoms with Crippen LogP contribution in [0.5, 0.6) is 5.75 Å². The molecule has 0 bridgehead atoms. The molecule has 1 saturated heterocycles. The highest BCUT2D eigenvalue weighted by Crippen LogP contribution is 2.40. The van der Waals surface area contributed by atoms with E-state index in [9.17, 15) is 0 Å². The Labute approximate surface area is 126 Å². The standard InChI is InChI=1S/C16H24ClNO2/c1-10(18)12-8-11(17)6-7-13(12)19-14-9-15(2,3)20-16(14,4)5/h6-8,10,14H,9,18H2,1-5H3/t10-,14?/m1/s1. The fourth-order valence-corrected chi connectivity index (χ4v) is 3.01. The smallest absolute Gasteiger partial charge is 0.130 e. The van der Waals surface area contributed by atoms with Crippen LogP contribution in [0, 0.1) is 0 Å². The van der Waals surface area contributed by atoms with Crippen LogP contribution in [0.4, 0.5) is 0 Å². The summed E-state index contributed by atoms with van der Waals surface area (Å²) in [7, 11) is 0. The zero-order chi connectivity index (χ0) is 15.1. The van der Waals surface area contributed by atoms with Gasteiger partial charge in [0.15, 0.2) is 0 Å². The molecule has 1 unspecified atom stereocenters. The summed E-state index contributed by atoms with van der Waals surface area (Å²) < 4.78 is 12.3. The van der Waals surface area contributed by atoms with E-state index in [2.05, 4.69) is 27.7 Å². The number of hydrogen-bond donors (Lipinski definition) is 1. The minimum atomic E-state index is -0.321. The van der Waals surface area contributed by atoms with Crippen LogP contribution in [0.1, 0.15) is 52.6 Å². The van der Waals surface area contributed by atoms with E-state index in [4.69, 9.17) is 26.8 Å². The summed E-state index contributed by atoms with van der Waals surface area (Å²) in [6, 6.07) is 5.47. The molecule has 112 valence electrons.